The molecule has 0 bridgehead atoms. The summed E-state index contributed by atoms with van der Waals surface area (Å²) in [6.45, 7) is 10.5. The highest BCUT2D eigenvalue weighted by Gasteiger charge is 2.21. The molecule has 0 unspecified atom stereocenters. The topological polar surface area (TPSA) is 55.3 Å². The van der Waals surface area contributed by atoms with Crippen molar-refractivity contribution in [2.75, 3.05) is 60.2 Å². The lowest BCUT2D eigenvalue weighted by molar-refractivity contribution is 0.00989. The summed E-state index contributed by atoms with van der Waals surface area (Å²) in [5, 5.41) is 3.44. The van der Waals surface area contributed by atoms with E-state index in [2.05, 4.69) is 29.1 Å². The van der Waals surface area contributed by atoms with Crippen LogP contribution in [0.3, 0.4) is 0 Å². The number of nitrogens with one attached hydrogen (secondary N) is 1. The van der Waals surface area contributed by atoms with Crippen molar-refractivity contribution in [1.82, 2.24) is 10.2 Å². The van der Waals surface area contributed by atoms with Crippen LogP contribution in [0.5, 0.6) is 0 Å². The van der Waals surface area contributed by atoms with Crippen LogP contribution in [-0.4, -0.2) is 77.2 Å². The summed E-state index contributed by atoms with van der Waals surface area (Å²) in [7, 11) is 3.58. The Bertz CT molecular complexity index is 336. The first-order valence-electron chi connectivity index (χ1n) is 9.31. The fraction of sp³-hybridized carbons (Fsp3) is 0.944. The highest BCUT2D eigenvalue weighted by molar-refractivity contribution is 14.0. The molecule has 1 rings (SSSR count). The van der Waals surface area contributed by atoms with Gasteiger partial charge in [0, 0.05) is 60.2 Å². The Morgan fingerprint density at radius 1 is 1.16 bits per heavy atom. The smallest absolute Gasteiger partial charge is 0.193 e. The van der Waals surface area contributed by atoms with Crippen LogP contribution >= 0.6 is 24.0 Å². The number of nitrogens with zero attached hydrogens (tertiary/aromatic N) is 2. The molecule has 0 aromatic rings. The van der Waals surface area contributed by atoms with Crippen molar-refractivity contribution in [1.29, 1.82) is 0 Å². The van der Waals surface area contributed by atoms with Gasteiger partial charge >= 0.3 is 0 Å². The molecule has 150 valence electrons. The Morgan fingerprint density at radius 3 is 2.48 bits per heavy atom. The standard InChI is InChI=1S/C18H37N3O3.HI/c1-16(2)15-23-13-5-9-20-18(19-3)21-10-7-17(8-11-21)24-14-6-12-22-4;/h16-17H,5-15H2,1-4H3,(H,19,20);1H. The number of rotatable bonds is 11. The van der Waals surface area contributed by atoms with Crippen molar-refractivity contribution in [2.45, 2.75) is 45.6 Å². The maximum atomic E-state index is 5.91. The maximum absolute atomic E-state index is 5.91. The SMILES string of the molecule is CN=C(NCCCOCC(C)C)N1CCC(OCCCOC)CC1.I. The molecule has 1 heterocycles. The summed E-state index contributed by atoms with van der Waals surface area (Å²) in [5.41, 5.74) is 0. The van der Waals surface area contributed by atoms with E-state index in [1.54, 1.807) is 7.11 Å². The van der Waals surface area contributed by atoms with Gasteiger partial charge in [-0.15, -0.1) is 24.0 Å². The normalized spacial score (nSPS) is 16.2. The predicted molar refractivity (Wildman–Crippen MR) is 114 cm³/mol. The van der Waals surface area contributed by atoms with Gasteiger partial charge in [-0.05, 0) is 31.6 Å². The molecule has 0 aromatic heterocycles. The fourth-order valence-electron chi connectivity index (χ4n) is 2.71. The van der Waals surface area contributed by atoms with E-state index in [1.165, 1.54) is 0 Å². The van der Waals surface area contributed by atoms with Crippen molar-refractivity contribution in [3.63, 3.8) is 0 Å². The summed E-state index contributed by atoms with van der Waals surface area (Å²) >= 11 is 0. The van der Waals surface area contributed by atoms with E-state index in [4.69, 9.17) is 14.2 Å². The molecule has 25 heavy (non-hydrogen) atoms. The number of aliphatic imine (C=N–C) groups is 1. The van der Waals surface area contributed by atoms with Gasteiger partial charge < -0.3 is 24.4 Å². The number of guanidine groups is 1. The number of ether oxygens (including phenoxy) is 3. The Labute approximate surface area is 171 Å². The lowest BCUT2D eigenvalue weighted by Crippen LogP contribution is -2.47. The third kappa shape index (κ3) is 12.0. The third-order valence-electron chi connectivity index (χ3n) is 4.00. The predicted octanol–water partition coefficient (Wildman–Crippen LogP) is 2.76. The molecule has 0 aromatic carbocycles. The van der Waals surface area contributed by atoms with Crippen molar-refractivity contribution < 1.29 is 14.2 Å². The van der Waals surface area contributed by atoms with Crippen LogP contribution in [0.25, 0.3) is 0 Å². The molecule has 6 nitrogen and oxygen atoms in total. The molecule has 1 fully saturated rings. The first-order valence-corrected chi connectivity index (χ1v) is 9.31. The minimum Gasteiger partial charge on any atom is -0.385 e. The van der Waals surface area contributed by atoms with Gasteiger partial charge in [-0.3, -0.25) is 4.99 Å². The van der Waals surface area contributed by atoms with E-state index in [0.29, 0.717) is 12.0 Å². The van der Waals surface area contributed by atoms with Gasteiger partial charge in [0.1, 0.15) is 0 Å². The summed E-state index contributed by atoms with van der Waals surface area (Å²) in [6.07, 6.45) is 4.47. The Kier molecular flexibility index (Phi) is 16.0. The summed E-state index contributed by atoms with van der Waals surface area (Å²) < 4.78 is 16.6. The quantitative estimate of drug-likeness (QED) is 0.217. The van der Waals surface area contributed by atoms with E-state index < -0.39 is 0 Å². The van der Waals surface area contributed by atoms with Gasteiger partial charge in [-0.1, -0.05) is 13.8 Å². The van der Waals surface area contributed by atoms with Crippen LogP contribution in [0.1, 0.15) is 39.5 Å². The van der Waals surface area contributed by atoms with E-state index >= 15 is 0 Å². The van der Waals surface area contributed by atoms with Crippen LogP contribution < -0.4 is 5.32 Å². The van der Waals surface area contributed by atoms with E-state index in [-0.39, 0.29) is 24.0 Å². The summed E-state index contributed by atoms with van der Waals surface area (Å²) in [5.74, 6) is 1.60. The lowest BCUT2D eigenvalue weighted by Gasteiger charge is -2.34. The molecular weight excluding hydrogens is 433 g/mol. The number of hydrogen-bond donors (Lipinski definition) is 1. The summed E-state index contributed by atoms with van der Waals surface area (Å²) in [6, 6.07) is 0. The van der Waals surface area contributed by atoms with Gasteiger partial charge in [0.2, 0.25) is 0 Å². The fourth-order valence-corrected chi connectivity index (χ4v) is 2.71. The molecule has 0 radical (unpaired) electrons. The first kappa shape index (κ1) is 24.9. The average Bonchev–Trinajstić information content (AvgIpc) is 2.59. The average molecular weight is 471 g/mol. The second-order valence-corrected chi connectivity index (χ2v) is 6.70. The van der Waals surface area contributed by atoms with Gasteiger partial charge in [0.05, 0.1) is 6.10 Å². The highest BCUT2D eigenvalue weighted by Crippen LogP contribution is 2.14. The second kappa shape index (κ2) is 16.1. The van der Waals surface area contributed by atoms with Crippen molar-refractivity contribution in [3.8, 4) is 0 Å². The molecular formula is C18H38IN3O3. The van der Waals surface area contributed by atoms with Crippen LogP contribution in [0.2, 0.25) is 0 Å². The van der Waals surface area contributed by atoms with Gasteiger partial charge in [0.25, 0.3) is 0 Å². The molecule has 1 aliphatic rings. The Balaban J connectivity index is 0.00000576. The monoisotopic (exact) mass is 471 g/mol. The highest BCUT2D eigenvalue weighted by atomic mass is 127. The van der Waals surface area contributed by atoms with Gasteiger partial charge in [0.15, 0.2) is 5.96 Å². The van der Waals surface area contributed by atoms with Crippen LogP contribution in [0.15, 0.2) is 4.99 Å². The lowest BCUT2D eigenvalue weighted by atomic mass is 10.1. The Hall–Kier alpha value is -0.120. The second-order valence-electron chi connectivity index (χ2n) is 6.70. The van der Waals surface area contributed by atoms with Gasteiger partial charge in [-0.2, -0.15) is 0 Å². The number of likely N-dealkylation sites (tertiary alicyclic amines) is 1. The third-order valence-corrected chi connectivity index (χ3v) is 4.00. The number of piperidine rings is 1. The van der Waals surface area contributed by atoms with Crippen molar-refractivity contribution in [2.24, 2.45) is 10.9 Å². The molecule has 1 saturated heterocycles. The van der Waals surface area contributed by atoms with E-state index in [1.807, 2.05) is 7.05 Å². The minimum absolute atomic E-state index is 0. The van der Waals surface area contributed by atoms with Crippen LogP contribution in [0.4, 0.5) is 0 Å². The van der Waals surface area contributed by atoms with Crippen LogP contribution in [0, 0.1) is 5.92 Å². The molecule has 0 aliphatic carbocycles. The van der Waals surface area contributed by atoms with E-state index in [9.17, 15) is 0 Å². The molecule has 0 spiro atoms. The molecule has 1 N–H and O–H groups in total. The molecule has 1 aliphatic heterocycles. The zero-order valence-corrected chi connectivity index (χ0v) is 18.8. The molecule has 7 heteroatoms. The molecule has 0 atom stereocenters. The number of hydrogen-bond acceptors (Lipinski definition) is 4. The van der Waals surface area contributed by atoms with Crippen molar-refractivity contribution in [3.05, 3.63) is 0 Å². The zero-order valence-electron chi connectivity index (χ0n) is 16.5. The molecule has 0 amide bonds. The number of methoxy groups -OCH3 is 1. The summed E-state index contributed by atoms with van der Waals surface area (Å²) in [4.78, 5) is 6.73. The largest absolute Gasteiger partial charge is 0.385 e. The number of halogens is 1. The van der Waals surface area contributed by atoms with E-state index in [0.717, 1.165) is 77.7 Å². The zero-order chi connectivity index (χ0) is 17.6. The first-order chi connectivity index (χ1) is 11.7. The maximum Gasteiger partial charge on any atom is 0.193 e. The van der Waals surface area contributed by atoms with Crippen LogP contribution in [-0.2, 0) is 14.2 Å². The minimum atomic E-state index is 0. The molecule has 0 saturated carbocycles. The van der Waals surface area contributed by atoms with Crippen molar-refractivity contribution >= 4 is 29.9 Å². The Morgan fingerprint density at radius 2 is 1.88 bits per heavy atom. The van der Waals surface area contributed by atoms with Gasteiger partial charge in [-0.25, -0.2) is 0 Å².